The van der Waals surface area contributed by atoms with E-state index in [0.717, 1.165) is 50.4 Å². The molecule has 0 spiro atoms. The van der Waals surface area contributed by atoms with Gasteiger partial charge in [0.15, 0.2) is 0 Å². The number of likely N-dealkylation sites (N-methyl/N-ethyl adjacent to an activating group) is 1. The molecule has 1 aliphatic heterocycles. The van der Waals surface area contributed by atoms with E-state index in [2.05, 4.69) is 42.7 Å². The lowest BCUT2D eigenvalue weighted by Crippen LogP contribution is -2.52. The molecular weight excluding hydrogens is 362 g/mol. The second kappa shape index (κ2) is 9.55. The summed E-state index contributed by atoms with van der Waals surface area (Å²) in [7, 11) is 4.03. The molecule has 1 fully saturated rings. The number of amides is 1. The fourth-order valence-corrected chi connectivity index (χ4v) is 3.98. The minimum absolute atomic E-state index is 0.238. The first-order valence-electron chi connectivity index (χ1n) is 10.6. The largest absolute Gasteiger partial charge is 0.339 e. The fraction of sp³-hybridized carbons (Fsp3) is 0.565. The molecule has 2 aromatic rings. The average molecular weight is 398 g/mol. The number of piperazine rings is 1. The molecule has 0 saturated carbocycles. The van der Waals surface area contributed by atoms with Gasteiger partial charge in [-0.1, -0.05) is 30.3 Å². The van der Waals surface area contributed by atoms with Crippen molar-refractivity contribution in [1.29, 1.82) is 0 Å². The van der Waals surface area contributed by atoms with Gasteiger partial charge in [-0.2, -0.15) is 5.10 Å². The molecule has 1 aliphatic rings. The predicted molar refractivity (Wildman–Crippen MR) is 118 cm³/mol. The predicted octanol–water partition coefficient (Wildman–Crippen LogP) is 2.42. The van der Waals surface area contributed by atoms with Crippen molar-refractivity contribution in [1.82, 2.24) is 24.5 Å². The quantitative estimate of drug-likeness (QED) is 0.720. The zero-order valence-electron chi connectivity index (χ0n) is 18.6. The molecule has 6 heteroatoms. The van der Waals surface area contributed by atoms with Crippen LogP contribution in [-0.2, 0) is 18.3 Å². The van der Waals surface area contributed by atoms with Gasteiger partial charge in [0.25, 0.3) is 0 Å². The minimum atomic E-state index is 0.238. The number of hydrogen-bond acceptors (Lipinski definition) is 4. The highest BCUT2D eigenvalue weighted by atomic mass is 16.2. The normalized spacial score (nSPS) is 15.5. The SMILES string of the molecule is Cc1c(CCN(C)CC(=O)N2CCN(C(C)C)CC2)c(-c2ccccc2)nn1C. The van der Waals surface area contributed by atoms with Gasteiger partial charge in [0.05, 0.1) is 12.2 Å². The second-order valence-corrected chi connectivity index (χ2v) is 8.40. The van der Waals surface area contributed by atoms with E-state index in [4.69, 9.17) is 5.10 Å². The van der Waals surface area contributed by atoms with E-state index in [1.807, 2.05) is 41.9 Å². The number of nitrogens with zero attached hydrogens (tertiary/aromatic N) is 5. The lowest BCUT2D eigenvalue weighted by Gasteiger charge is -2.37. The highest BCUT2D eigenvalue weighted by Crippen LogP contribution is 2.25. The van der Waals surface area contributed by atoms with Gasteiger partial charge in [0.1, 0.15) is 0 Å². The molecule has 3 rings (SSSR count). The molecule has 1 aromatic heterocycles. The zero-order valence-corrected chi connectivity index (χ0v) is 18.6. The van der Waals surface area contributed by atoms with E-state index in [-0.39, 0.29) is 5.91 Å². The maximum Gasteiger partial charge on any atom is 0.236 e. The Morgan fingerprint density at radius 2 is 1.79 bits per heavy atom. The molecule has 0 bridgehead atoms. The van der Waals surface area contributed by atoms with Crippen molar-refractivity contribution in [2.75, 3.05) is 46.3 Å². The van der Waals surface area contributed by atoms with Crippen molar-refractivity contribution < 1.29 is 4.79 Å². The van der Waals surface area contributed by atoms with E-state index < -0.39 is 0 Å². The number of aromatic nitrogens is 2. The van der Waals surface area contributed by atoms with Crippen LogP contribution >= 0.6 is 0 Å². The Kier molecular flexibility index (Phi) is 7.09. The van der Waals surface area contributed by atoms with E-state index in [1.165, 1.54) is 11.3 Å². The Morgan fingerprint density at radius 1 is 1.14 bits per heavy atom. The first-order valence-corrected chi connectivity index (χ1v) is 10.6. The number of carbonyl (C=O) groups excluding carboxylic acids is 1. The summed E-state index contributed by atoms with van der Waals surface area (Å²) in [5.74, 6) is 0.238. The summed E-state index contributed by atoms with van der Waals surface area (Å²) in [4.78, 5) is 19.3. The number of benzene rings is 1. The van der Waals surface area contributed by atoms with Crippen molar-refractivity contribution in [3.8, 4) is 11.3 Å². The maximum atomic E-state index is 12.7. The Hall–Kier alpha value is -2.18. The zero-order chi connectivity index (χ0) is 21.0. The molecule has 29 heavy (non-hydrogen) atoms. The standard InChI is InChI=1S/C23H35N5O/c1-18(2)27-13-15-28(16-14-27)22(29)17-25(4)12-11-21-19(3)26(5)24-23(21)20-9-7-6-8-10-20/h6-10,18H,11-17H2,1-5H3. The van der Waals surface area contributed by atoms with Crippen LogP contribution in [-0.4, -0.2) is 82.7 Å². The fourth-order valence-electron chi connectivity index (χ4n) is 3.98. The number of hydrogen-bond donors (Lipinski definition) is 0. The van der Waals surface area contributed by atoms with Crippen LogP contribution < -0.4 is 0 Å². The van der Waals surface area contributed by atoms with Gasteiger partial charge in [-0.25, -0.2) is 0 Å². The van der Waals surface area contributed by atoms with Gasteiger partial charge in [-0.3, -0.25) is 19.3 Å². The average Bonchev–Trinajstić information content (AvgIpc) is 3.01. The van der Waals surface area contributed by atoms with Crippen LogP contribution in [0.25, 0.3) is 11.3 Å². The molecule has 2 heterocycles. The summed E-state index contributed by atoms with van der Waals surface area (Å²) < 4.78 is 1.96. The van der Waals surface area contributed by atoms with Gasteiger partial charge in [-0.05, 0) is 34.2 Å². The summed E-state index contributed by atoms with van der Waals surface area (Å²) in [5.41, 5.74) is 4.65. The summed E-state index contributed by atoms with van der Waals surface area (Å²) >= 11 is 0. The van der Waals surface area contributed by atoms with Crippen molar-refractivity contribution in [2.45, 2.75) is 33.2 Å². The third-order valence-corrected chi connectivity index (χ3v) is 6.05. The van der Waals surface area contributed by atoms with Crippen molar-refractivity contribution in [3.63, 3.8) is 0 Å². The summed E-state index contributed by atoms with van der Waals surface area (Å²) in [5, 5.41) is 4.73. The molecule has 0 atom stereocenters. The molecule has 1 aromatic carbocycles. The van der Waals surface area contributed by atoms with Crippen molar-refractivity contribution in [3.05, 3.63) is 41.6 Å². The van der Waals surface area contributed by atoms with E-state index >= 15 is 0 Å². The first-order chi connectivity index (χ1) is 13.9. The number of aryl methyl sites for hydroxylation is 1. The van der Waals surface area contributed by atoms with Gasteiger partial charge >= 0.3 is 0 Å². The van der Waals surface area contributed by atoms with Crippen molar-refractivity contribution in [2.24, 2.45) is 7.05 Å². The Morgan fingerprint density at radius 3 is 2.41 bits per heavy atom. The molecular formula is C23H35N5O. The summed E-state index contributed by atoms with van der Waals surface area (Å²) in [6, 6.07) is 10.9. The smallest absolute Gasteiger partial charge is 0.236 e. The van der Waals surface area contributed by atoms with E-state index in [0.29, 0.717) is 12.6 Å². The lowest BCUT2D eigenvalue weighted by atomic mass is 10.0. The van der Waals surface area contributed by atoms with Crippen LogP contribution in [0.2, 0.25) is 0 Å². The third kappa shape index (κ3) is 5.25. The molecule has 158 valence electrons. The van der Waals surface area contributed by atoms with Crippen LogP contribution in [0.4, 0.5) is 0 Å². The van der Waals surface area contributed by atoms with Crippen molar-refractivity contribution >= 4 is 5.91 Å². The second-order valence-electron chi connectivity index (χ2n) is 8.40. The molecule has 0 radical (unpaired) electrons. The summed E-state index contributed by atoms with van der Waals surface area (Å²) in [6.45, 7) is 11.5. The highest BCUT2D eigenvalue weighted by molar-refractivity contribution is 5.78. The third-order valence-electron chi connectivity index (χ3n) is 6.05. The minimum Gasteiger partial charge on any atom is -0.339 e. The summed E-state index contributed by atoms with van der Waals surface area (Å²) in [6.07, 6.45) is 0.884. The number of carbonyl (C=O) groups is 1. The van der Waals surface area contributed by atoms with Gasteiger partial charge in [0, 0.05) is 62.6 Å². The number of rotatable bonds is 7. The van der Waals surface area contributed by atoms with Gasteiger partial charge in [0.2, 0.25) is 5.91 Å². The maximum absolute atomic E-state index is 12.7. The molecule has 0 aliphatic carbocycles. The molecule has 0 N–H and O–H groups in total. The van der Waals surface area contributed by atoms with Crippen LogP contribution in [0, 0.1) is 6.92 Å². The monoisotopic (exact) mass is 397 g/mol. The van der Waals surface area contributed by atoms with Gasteiger partial charge < -0.3 is 4.90 Å². The van der Waals surface area contributed by atoms with E-state index in [9.17, 15) is 4.79 Å². The van der Waals surface area contributed by atoms with Gasteiger partial charge in [-0.15, -0.1) is 0 Å². The van der Waals surface area contributed by atoms with Crippen LogP contribution in [0.5, 0.6) is 0 Å². The van der Waals surface area contributed by atoms with E-state index in [1.54, 1.807) is 0 Å². The van der Waals surface area contributed by atoms with Crippen LogP contribution in [0.15, 0.2) is 30.3 Å². The Bertz CT molecular complexity index is 806. The highest BCUT2D eigenvalue weighted by Gasteiger charge is 2.23. The Balaban J connectivity index is 1.56. The molecule has 1 saturated heterocycles. The van der Waals surface area contributed by atoms with Crippen LogP contribution in [0.3, 0.4) is 0 Å². The molecule has 6 nitrogen and oxygen atoms in total. The Labute approximate surface area is 175 Å². The lowest BCUT2D eigenvalue weighted by molar-refractivity contribution is -0.134. The molecule has 0 unspecified atom stereocenters. The van der Waals surface area contributed by atoms with Crippen LogP contribution in [0.1, 0.15) is 25.1 Å². The molecule has 1 amide bonds. The first kappa shape index (κ1) is 21.5. The topological polar surface area (TPSA) is 44.6 Å².